The highest BCUT2D eigenvalue weighted by atomic mass is 79.9. The third-order valence-electron chi connectivity index (χ3n) is 3.94. The van der Waals surface area contributed by atoms with E-state index in [2.05, 4.69) is 30.6 Å². The molecule has 0 atom stereocenters. The summed E-state index contributed by atoms with van der Waals surface area (Å²) in [5.74, 6) is -0.753. The Morgan fingerprint density at radius 2 is 1.86 bits per heavy atom. The first kappa shape index (κ1) is 19.8. The van der Waals surface area contributed by atoms with Crippen LogP contribution < -0.4 is 5.56 Å². The summed E-state index contributed by atoms with van der Waals surface area (Å²) in [6.45, 7) is 0. The van der Waals surface area contributed by atoms with Crippen molar-refractivity contribution in [2.24, 2.45) is 0 Å². The van der Waals surface area contributed by atoms with E-state index in [0.717, 1.165) is 12.3 Å². The molecule has 144 valence electrons. The van der Waals surface area contributed by atoms with Gasteiger partial charge in [0.15, 0.2) is 5.69 Å². The molecule has 1 aromatic heterocycles. The number of benzene rings is 2. The summed E-state index contributed by atoms with van der Waals surface area (Å²) in [6.07, 6.45) is -3.44. The first-order valence-electron chi connectivity index (χ1n) is 7.87. The molecule has 28 heavy (non-hydrogen) atoms. The Balaban J connectivity index is 2.20. The van der Waals surface area contributed by atoms with Crippen molar-refractivity contribution in [3.8, 4) is 22.4 Å². The number of aromatic amines is 1. The molecule has 0 fully saturated rings. The minimum atomic E-state index is -4.55. The summed E-state index contributed by atoms with van der Waals surface area (Å²) in [6, 6.07) is 9.56. The van der Waals surface area contributed by atoms with Crippen LogP contribution >= 0.6 is 15.9 Å². The summed E-state index contributed by atoms with van der Waals surface area (Å²) in [5.41, 5.74) is -1.21. The quantitative estimate of drug-likeness (QED) is 0.586. The number of hydrogen-bond donors (Lipinski definition) is 1. The standard InChI is InChI=1S/C19H12BrF3N2O3/c1-28-18(27)15-9-24-17(26)16(25-15)10-6-7-14(20)12(8-10)11-4-2-3-5-13(11)19(21,22)23/h2-9H,1H3,(H,24,26). The van der Waals surface area contributed by atoms with E-state index < -0.39 is 23.3 Å². The largest absolute Gasteiger partial charge is 0.464 e. The van der Waals surface area contributed by atoms with Gasteiger partial charge >= 0.3 is 12.1 Å². The van der Waals surface area contributed by atoms with Crippen LogP contribution in [0.15, 0.2) is 57.9 Å². The van der Waals surface area contributed by atoms with Gasteiger partial charge in [-0.3, -0.25) is 4.79 Å². The molecule has 9 heteroatoms. The van der Waals surface area contributed by atoms with E-state index in [1.165, 1.54) is 43.5 Å². The van der Waals surface area contributed by atoms with Crippen molar-refractivity contribution in [3.05, 3.63) is 74.7 Å². The van der Waals surface area contributed by atoms with Crippen LogP contribution in [0.25, 0.3) is 22.4 Å². The van der Waals surface area contributed by atoms with Gasteiger partial charge in [-0.15, -0.1) is 0 Å². The second-order valence-corrected chi connectivity index (χ2v) is 6.55. The lowest BCUT2D eigenvalue weighted by Crippen LogP contribution is -2.16. The van der Waals surface area contributed by atoms with E-state index >= 15 is 0 Å². The Labute approximate surface area is 165 Å². The number of nitrogens with zero attached hydrogens (tertiary/aromatic N) is 1. The molecule has 3 aromatic rings. The molecule has 0 aliphatic carbocycles. The highest BCUT2D eigenvalue weighted by Crippen LogP contribution is 2.40. The van der Waals surface area contributed by atoms with Crippen LogP contribution in [-0.4, -0.2) is 23.0 Å². The number of ether oxygens (including phenoxy) is 1. The Hall–Kier alpha value is -2.94. The van der Waals surface area contributed by atoms with Gasteiger partial charge in [-0.1, -0.05) is 40.2 Å². The van der Waals surface area contributed by atoms with E-state index in [0.29, 0.717) is 4.47 Å². The van der Waals surface area contributed by atoms with Crippen molar-refractivity contribution >= 4 is 21.9 Å². The molecule has 0 aliphatic rings. The number of nitrogens with one attached hydrogen (secondary N) is 1. The lowest BCUT2D eigenvalue weighted by Gasteiger charge is -2.15. The number of H-pyrrole nitrogens is 1. The number of hydrogen-bond acceptors (Lipinski definition) is 4. The molecule has 0 unspecified atom stereocenters. The fourth-order valence-electron chi connectivity index (χ4n) is 2.65. The molecule has 0 radical (unpaired) electrons. The van der Waals surface area contributed by atoms with E-state index in [-0.39, 0.29) is 28.1 Å². The SMILES string of the molecule is COC(=O)c1c[nH]c(=O)c(-c2ccc(Br)c(-c3ccccc3C(F)(F)F)c2)n1. The van der Waals surface area contributed by atoms with Gasteiger partial charge in [-0.25, -0.2) is 9.78 Å². The zero-order valence-corrected chi connectivity index (χ0v) is 15.9. The van der Waals surface area contributed by atoms with Crippen LogP contribution in [0.3, 0.4) is 0 Å². The average Bonchev–Trinajstić information content (AvgIpc) is 2.67. The number of rotatable bonds is 3. The van der Waals surface area contributed by atoms with E-state index in [4.69, 9.17) is 0 Å². The maximum Gasteiger partial charge on any atom is 0.417 e. The monoisotopic (exact) mass is 452 g/mol. The van der Waals surface area contributed by atoms with Crippen LogP contribution in [0.2, 0.25) is 0 Å². The van der Waals surface area contributed by atoms with Gasteiger partial charge in [0, 0.05) is 16.2 Å². The summed E-state index contributed by atoms with van der Waals surface area (Å²) in [5, 5.41) is 0. The number of carbonyl (C=O) groups is 1. The van der Waals surface area contributed by atoms with Crippen LogP contribution in [0, 0.1) is 0 Å². The Morgan fingerprint density at radius 3 is 2.54 bits per heavy atom. The summed E-state index contributed by atoms with van der Waals surface area (Å²) >= 11 is 3.26. The number of alkyl halides is 3. The number of methoxy groups -OCH3 is 1. The maximum absolute atomic E-state index is 13.4. The topological polar surface area (TPSA) is 72.1 Å². The summed E-state index contributed by atoms with van der Waals surface area (Å²) < 4.78 is 45.2. The number of halogens is 4. The lowest BCUT2D eigenvalue weighted by molar-refractivity contribution is -0.137. The Kier molecular flexibility index (Phi) is 5.37. The Morgan fingerprint density at radius 1 is 1.14 bits per heavy atom. The molecule has 0 amide bonds. The maximum atomic E-state index is 13.4. The summed E-state index contributed by atoms with van der Waals surface area (Å²) in [7, 11) is 1.17. The van der Waals surface area contributed by atoms with Gasteiger partial charge in [0.25, 0.3) is 5.56 Å². The molecule has 0 bridgehead atoms. The van der Waals surface area contributed by atoms with Crippen molar-refractivity contribution in [1.29, 1.82) is 0 Å². The second kappa shape index (κ2) is 7.59. The van der Waals surface area contributed by atoms with Crippen molar-refractivity contribution in [3.63, 3.8) is 0 Å². The zero-order chi connectivity index (χ0) is 20.5. The number of esters is 1. The third kappa shape index (κ3) is 3.84. The molecule has 0 aliphatic heterocycles. The number of aromatic nitrogens is 2. The third-order valence-corrected chi connectivity index (χ3v) is 4.64. The molecule has 0 saturated heterocycles. The second-order valence-electron chi connectivity index (χ2n) is 5.69. The molecule has 2 aromatic carbocycles. The van der Waals surface area contributed by atoms with Crippen molar-refractivity contribution < 1.29 is 22.7 Å². The fraction of sp³-hybridized carbons (Fsp3) is 0.105. The average molecular weight is 453 g/mol. The first-order valence-corrected chi connectivity index (χ1v) is 8.66. The molecule has 0 spiro atoms. The number of carbonyl (C=O) groups excluding carboxylic acids is 1. The fourth-order valence-corrected chi connectivity index (χ4v) is 3.11. The molecular weight excluding hydrogens is 441 g/mol. The molecule has 3 rings (SSSR count). The highest BCUT2D eigenvalue weighted by molar-refractivity contribution is 9.10. The first-order chi connectivity index (χ1) is 13.2. The van der Waals surface area contributed by atoms with Gasteiger partial charge in [0.05, 0.1) is 12.7 Å². The minimum absolute atomic E-state index is 0.0516. The van der Waals surface area contributed by atoms with Gasteiger partial charge in [-0.05, 0) is 29.3 Å². The predicted molar refractivity (Wildman–Crippen MR) is 99.8 cm³/mol. The Bertz CT molecular complexity index is 1110. The predicted octanol–water partition coefficient (Wildman–Crippen LogP) is 4.67. The van der Waals surface area contributed by atoms with Gasteiger partial charge in [0.1, 0.15) is 5.69 Å². The summed E-state index contributed by atoms with van der Waals surface area (Å²) in [4.78, 5) is 30.2. The molecular formula is C19H12BrF3N2O3. The van der Waals surface area contributed by atoms with Gasteiger partial charge in [-0.2, -0.15) is 13.2 Å². The normalized spacial score (nSPS) is 11.3. The smallest absolute Gasteiger partial charge is 0.417 e. The van der Waals surface area contributed by atoms with Crippen LogP contribution in [-0.2, 0) is 10.9 Å². The molecule has 5 nitrogen and oxygen atoms in total. The van der Waals surface area contributed by atoms with Gasteiger partial charge < -0.3 is 9.72 Å². The van der Waals surface area contributed by atoms with E-state index in [9.17, 15) is 22.8 Å². The van der Waals surface area contributed by atoms with Crippen molar-refractivity contribution in [1.82, 2.24) is 9.97 Å². The highest BCUT2D eigenvalue weighted by Gasteiger charge is 2.33. The van der Waals surface area contributed by atoms with Gasteiger partial charge in [0.2, 0.25) is 0 Å². The minimum Gasteiger partial charge on any atom is -0.464 e. The van der Waals surface area contributed by atoms with Crippen LogP contribution in [0.4, 0.5) is 13.2 Å². The molecule has 1 heterocycles. The van der Waals surface area contributed by atoms with Crippen LogP contribution in [0.1, 0.15) is 16.1 Å². The molecule has 1 N–H and O–H groups in total. The van der Waals surface area contributed by atoms with E-state index in [1.807, 2.05) is 0 Å². The zero-order valence-electron chi connectivity index (χ0n) is 14.3. The van der Waals surface area contributed by atoms with Crippen molar-refractivity contribution in [2.75, 3.05) is 7.11 Å². The van der Waals surface area contributed by atoms with Crippen LogP contribution in [0.5, 0.6) is 0 Å². The molecule has 0 saturated carbocycles. The lowest BCUT2D eigenvalue weighted by atomic mass is 9.97. The van der Waals surface area contributed by atoms with Crippen molar-refractivity contribution in [2.45, 2.75) is 6.18 Å². The van der Waals surface area contributed by atoms with E-state index in [1.54, 1.807) is 0 Å².